The Kier molecular flexibility index (Phi) is 5.40. The second-order valence-corrected chi connectivity index (χ2v) is 9.42. The molecule has 1 atom stereocenters. The Labute approximate surface area is 180 Å². The number of nitrogens with one attached hydrogen (secondary N) is 2. The van der Waals surface area contributed by atoms with Gasteiger partial charge in [0.15, 0.2) is 0 Å². The van der Waals surface area contributed by atoms with Gasteiger partial charge < -0.3 is 9.88 Å². The van der Waals surface area contributed by atoms with E-state index in [1.165, 1.54) is 12.1 Å². The molecule has 2 aromatic carbocycles. The van der Waals surface area contributed by atoms with Crippen LogP contribution in [0.3, 0.4) is 0 Å². The highest BCUT2D eigenvalue weighted by Gasteiger charge is 2.25. The number of nitrogens with zero attached hydrogens (tertiary/aromatic N) is 3. The first-order chi connectivity index (χ1) is 14.7. The number of aromatic nitrogens is 2. The van der Waals surface area contributed by atoms with E-state index in [2.05, 4.69) is 15.0 Å². The zero-order valence-corrected chi connectivity index (χ0v) is 18.0. The molecule has 0 fully saturated rings. The van der Waals surface area contributed by atoms with Crippen molar-refractivity contribution in [2.24, 2.45) is 0 Å². The minimum Gasteiger partial charge on any atom is -0.375 e. The van der Waals surface area contributed by atoms with E-state index in [1.54, 1.807) is 25.3 Å². The SMILES string of the molecule is Cc1ccc(NS(=O)(=O)c2ccc(N[C@H]3CCc4nccn4C3)c([N+](=O)[O-])c2)c(C)c1. The summed E-state index contributed by atoms with van der Waals surface area (Å²) in [4.78, 5) is 15.2. The highest BCUT2D eigenvalue weighted by molar-refractivity contribution is 7.92. The largest absolute Gasteiger partial charge is 0.375 e. The average Bonchev–Trinajstić information content (AvgIpc) is 3.18. The molecule has 0 amide bonds. The third-order valence-corrected chi connectivity index (χ3v) is 6.76. The van der Waals surface area contributed by atoms with E-state index in [0.717, 1.165) is 35.9 Å². The normalized spacial score (nSPS) is 15.9. The molecule has 0 unspecified atom stereocenters. The van der Waals surface area contributed by atoms with Gasteiger partial charge in [-0.2, -0.15) is 0 Å². The van der Waals surface area contributed by atoms with Crippen molar-refractivity contribution in [3.63, 3.8) is 0 Å². The molecular formula is C21H23N5O4S. The molecule has 1 aromatic heterocycles. The maximum Gasteiger partial charge on any atom is 0.293 e. The molecule has 9 nitrogen and oxygen atoms in total. The van der Waals surface area contributed by atoms with Gasteiger partial charge in [0, 0.05) is 37.5 Å². The molecule has 2 N–H and O–H groups in total. The summed E-state index contributed by atoms with van der Waals surface area (Å²) < 4.78 is 30.3. The van der Waals surface area contributed by atoms with Gasteiger partial charge in [0.2, 0.25) is 0 Å². The lowest BCUT2D eigenvalue weighted by Gasteiger charge is -2.25. The Balaban J connectivity index is 1.59. The summed E-state index contributed by atoms with van der Waals surface area (Å²) in [5, 5.41) is 14.9. The van der Waals surface area contributed by atoms with Crippen molar-refractivity contribution in [2.45, 2.75) is 44.2 Å². The van der Waals surface area contributed by atoms with Gasteiger partial charge in [-0.1, -0.05) is 17.7 Å². The van der Waals surface area contributed by atoms with E-state index in [4.69, 9.17) is 0 Å². The van der Waals surface area contributed by atoms with Crippen LogP contribution in [-0.2, 0) is 23.0 Å². The molecule has 0 radical (unpaired) electrons. The topological polar surface area (TPSA) is 119 Å². The van der Waals surface area contributed by atoms with Crippen LogP contribution in [0.5, 0.6) is 0 Å². The first-order valence-electron chi connectivity index (χ1n) is 9.88. The molecule has 0 aliphatic carbocycles. The highest BCUT2D eigenvalue weighted by atomic mass is 32.2. The molecule has 162 valence electrons. The predicted octanol–water partition coefficient (Wildman–Crippen LogP) is 3.64. The van der Waals surface area contributed by atoms with Gasteiger partial charge in [-0.05, 0) is 44.0 Å². The fraction of sp³-hybridized carbons (Fsp3) is 0.286. The molecule has 0 spiro atoms. The van der Waals surface area contributed by atoms with Crippen LogP contribution in [0.15, 0.2) is 53.7 Å². The molecular weight excluding hydrogens is 418 g/mol. The number of imidazole rings is 1. The summed E-state index contributed by atoms with van der Waals surface area (Å²) >= 11 is 0. The third-order valence-electron chi connectivity index (χ3n) is 5.40. The smallest absolute Gasteiger partial charge is 0.293 e. The first kappa shape index (κ1) is 20.9. The van der Waals surface area contributed by atoms with Crippen molar-refractivity contribution in [3.8, 4) is 0 Å². The number of sulfonamides is 1. The molecule has 0 saturated heterocycles. The Morgan fingerprint density at radius 2 is 1.94 bits per heavy atom. The van der Waals surface area contributed by atoms with Crippen molar-refractivity contribution in [3.05, 3.63) is 75.9 Å². The van der Waals surface area contributed by atoms with Gasteiger partial charge >= 0.3 is 0 Å². The van der Waals surface area contributed by atoms with Crippen LogP contribution in [0.2, 0.25) is 0 Å². The number of hydrogen-bond donors (Lipinski definition) is 2. The zero-order chi connectivity index (χ0) is 22.2. The number of hydrogen-bond acceptors (Lipinski definition) is 6. The number of benzene rings is 2. The minimum atomic E-state index is -3.98. The summed E-state index contributed by atoms with van der Waals surface area (Å²) in [6.07, 6.45) is 5.17. The van der Waals surface area contributed by atoms with Gasteiger partial charge in [0.25, 0.3) is 15.7 Å². The fourth-order valence-corrected chi connectivity index (χ4v) is 4.94. The lowest BCUT2D eigenvalue weighted by Crippen LogP contribution is -2.31. The molecule has 0 bridgehead atoms. The summed E-state index contributed by atoms with van der Waals surface area (Å²) in [5.74, 6) is 0.992. The van der Waals surface area contributed by atoms with Gasteiger partial charge in [-0.15, -0.1) is 0 Å². The molecule has 1 aliphatic heterocycles. The predicted molar refractivity (Wildman–Crippen MR) is 118 cm³/mol. The summed E-state index contributed by atoms with van der Waals surface area (Å²) in [7, 11) is -3.98. The first-order valence-corrected chi connectivity index (χ1v) is 11.4. The second-order valence-electron chi connectivity index (χ2n) is 7.74. The average molecular weight is 442 g/mol. The van der Waals surface area contributed by atoms with Gasteiger partial charge in [0.05, 0.1) is 15.5 Å². The van der Waals surface area contributed by atoms with Crippen LogP contribution >= 0.6 is 0 Å². The fourth-order valence-electron chi connectivity index (χ4n) is 3.79. The number of nitro groups is 1. The van der Waals surface area contributed by atoms with Crippen molar-refractivity contribution in [1.29, 1.82) is 0 Å². The van der Waals surface area contributed by atoms with E-state index in [0.29, 0.717) is 17.9 Å². The number of anilines is 2. The van der Waals surface area contributed by atoms with E-state index in [-0.39, 0.29) is 16.6 Å². The Bertz CT molecular complexity index is 1250. The summed E-state index contributed by atoms with van der Waals surface area (Å²) in [6.45, 7) is 4.36. The van der Waals surface area contributed by atoms with Crippen LogP contribution in [-0.4, -0.2) is 28.9 Å². The van der Waals surface area contributed by atoms with Gasteiger partial charge in [-0.3, -0.25) is 14.8 Å². The maximum absolute atomic E-state index is 12.9. The Hall–Kier alpha value is -3.40. The number of rotatable bonds is 6. The molecule has 0 saturated carbocycles. The zero-order valence-electron chi connectivity index (χ0n) is 17.2. The third kappa shape index (κ3) is 4.38. The monoisotopic (exact) mass is 441 g/mol. The van der Waals surface area contributed by atoms with Gasteiger partial charge in [-0.25, -0.2) is 13.4 Å². The molecule has 2 heterocycles. The quantitative estimate of drug-likeness (QED) is 0.445. The second kappa shape index (κ2) is 8.03. The molecule has 3 aromatic rings. The van der Waals surface area contributed by atoms with E-state index in [1.807, 2.05) is 23.8 Å². The number of aryl methyl sites for hydroxylation is 3. The summed E-state index contributed by atoms with van der Waals surface area (Å²) in [6, 6.07) is 9.26. The molecule has 1 aliphatic rings. The van der Waals surface area contributed by atoms with E-state index >= 15 is 0 Å². The lowest BCUT2D eigenvalue weighted by atomic mass is 10.1. The van der Waals surface area contributed by atoms with Crippen molar-refractivity contribution in [2.75, 3.05) is 10.0 Å². The lowest BCUT2D eigenvalue weighted by molar-refractivity contribution is -0.384. The van der Waals surface area contributed by atoms with E-state index < -0.39 is 14.9 Å². The summed E-state index contributed by atoms with van der Waals surface area (Å²) in [5.41, 5.74) is 2.24. The van der Waals surface area contributed by atoms with E-state index in [9.17, 15) is 18.5 Å². The van der Waals surface area contributed by atoms with Crippen LogP contribution in [0.1, 0.15) is 23.4 Å². The highest BCUT2D eigenvalue weighted by Crippen LogP contribution is 2.31. The Morgan fingerprint density at radius 3 is 2.68 bits per heavy atom. The number of fused-ring (bicyclic) bond motifs is 1. The number of nitro benzene ring substituents is 1. The molecule has 10 heteroatoms. The molecule has 4 rings (SSSR count). The van der Waals surface area contributed by atoms with Crippen molar-refractivity contribution >= 4 is 27.1 Å². The minimum absolute atomic E-state index is 0.0174. The van der Waals surface area contributed by atoms with Crippen molar-refractivity contribution < 1.29 is 13.3 Å². The van der Waals surface area contributed by atoms with Gasteiger partial charge in [0.1, 0.15) is 11.5 Å². The molecule has 31 heavy (non-hydrogen) atoms. The van der Waals surface area contributed by atoms with Crippen molar-refractivity contribution in [1.82, 2.24) is 9.55 Å². The van der Waals surface area contributed by atoms with Crippen LogP contribution < -0.4 is 10.0 Å². The van der Waals surface area contributed by atoms with Crippen LogP contribution in [0.25, 0.3) is 0 Å². The Morgan fingerprint density at radius 1 is 1.16 bits per heavy atom. The van der Waals surface area contributed by atoms with Crippen LogP contribution in [0, 0.1) is 24.0 Å². The maximum atomic E-state index is 12.9. The standard InChI is InChI=1S/C21H23N5O4S/c1-14-3-6-18(15(2)11-14)24-31(29,30)17-5-7-19(20(12-17)26(27)28)23-16-4-8-21-22-9-10-25(21)13-16/h3,5-7,9-12,16,23-24H,4,8,13H2,1-2H3/t16-/m0/s1. The van der Waals surface area contributed by atoms with Crippen LogP contribution in [0.4, 0.5) is 17.1 Å².